The Hall–Kier alpha value is -3.74. The number of aromatic nitrogens is 4. The first-order valence-electron chi connectivity index (χ1n) is 8.05. The van der Waals surface area contributed by atoms with Crippen LogP contribution in [-0.2, 0) is 6.54 Å². The molecular formula is C19H15N5O2. The fraction of sp³-hybridized carbons (Fsp3) is 0.0526. The number of rotatable bonds is 5. The molecule has 0 atom stereocenters. The quantitative estimate of drug-likeness (QED) is 0.600. The van der Waals surface area contributed by atoms with E-state index >= 15 is 0 Å². The number of carbonyl (C=O) groups is 1. The Labute approximate surface area is 149 Å². The highest BCUT2D eigenvalue weighted by Crippen LogP contribution is 2.20. The Bertz CT molecular complexity index is 1010. The number of carbonyl (C=O) groups excluding carboxylic acids is 1. The Kier molecular flexibility index (Phi) is 4.26. The van der Waals surface area contributed by atoms with Gasteiger partial charge in [0.2, 0.25) is 0 Å². The molecule has 0 bridgehead atoms. The summed E-state index contributed by atoms with van der Waals surface area (Å²) in [6.45, 7) is 0.575. The molecule has 4 aromatic rings. The largest absolute Gasteiger partial charge is 0.355 e. The molecule has 0 saturated heterocycles. The van der Waals surface area contributed by atoms with Crippen LogP contribution in [0.25, 0.3) is 11.3 Å². The van der Waals surface area contributed by atoms with Crippen LogP contribution in [0, 0.1) is 0 Å². The highest BCUT2D eigenvalue weighted by molar-refractivity contribution is 6.02. The minimum absolute atomic E-state index is 0.182. The molecule has 7 nitrogen and oxygen atoms in total. The molecule has 0 saturated carbocycles. The van der Waals surface area contributed by atoms with Gasteiger partial charge >= 0.3 is 0 Å². The summed E-state index contributed by atoms with van der Waals surface area (Å²) in [5.41, 5.74) is 2.13. The second kappa shape index (κ2) is 7.02. The number of nitrogens with zero attached hydrogens (tertiary/aromatic N) is 4. The third-order valence-corrected chi connectivity index (χ3v) is 3.77. The van der Waals surface area contributed by atoms with Crippen molar-refractivity contribution in [1.82, 2.24) is 20.2 Å². The zero-order valence-electron chi connectivity index (χ0n) is 13.7. The van der Waals surface area contributed by atoms with Crippen molar-refractivity contribution in [3.63, 3.8) is 0 Å². The predicted octanol–water partition coefficient (Wildman–Crippen LogP) is 3.23. The second-order valence-electron chi connectivity index (χ2n) is 5.68. The number of anilines is 1. The predicted molar refractivity (Wildman–Crippen MR) is 95.5 cm³/mol. The maximum absolute atomic E-state index is 12.3. The van der Waals surface area contributed by atoms with Gasteiger partial charge in [0.1, 0.15) is 0 Å². The van der Waals surface area contributed by atoms with E-state index in [0.717, 1.165) is 11.1 Å². The van der Waals surface area contributed by atoms with Gasteiger partial charge in [0, 0.05) is 11.6 Å². The first kappa shape index (κ1) is 15.8. The lowest BCUT2D eigenvalue weighted by molar-refractivity contribution is 0.101. The van der Waals surface area contributed by atoms with Gasteiger partial charge in [-0.3, -0.25) is 4.79 Å². The van der Waals surface area contributed by atoms with Crippen LogP contribution in [-0.4, -0.2) is 26.1 Å². The van der Waals surface area contributed by atoms with Crippen LogP contribution in [0.3, 0.4) is 0 Å². The third-order valence-electron chi connectivity index (χ3n) is 3.77. The van der Waals surface area contributed by atoms with Crippen LogP contribution >= 0.6 is 0 Å². The molecule has 128 valence electrons. The van der Waals surface area contributed by atoms with Gasteiger partial charge in [0.25, 0.3) is 5.91 Å². The molecule has 2 aromatic carbocycles. The van der Waals surface area contributed by atoms with E-state index in [-0.39, 0.29) is 5.69 Å². The van der Waals surface area contributed by atoms with E-state index in [0.29, 0.717) is 18.1 Å². The van der Waals surface area contributed by atoms with Crippen molar-refractivity contribution in [2.24, 2.45) is 0 Å². The minimum Gasteiger partial charge on any atom is -0.355 e. The maximum atomic E-state index is 12.3. The number of benzene rings is 2. The second-order valence-corrected chi connectivity index (χ2v) is 5.68. The van der Waals surface area contributed by atoms with E-state index in [2.05, 4.69) is 20.8 Å². The van der Waals surface area contributed by atoms with Gasteiger partial charge in [0.15, 0.2) is 17.3 Å². The summed E-state index contributed by atoms with van der Waals surface area (Å²) >= 11 is 0. The van der Waals surface area contributed by atoms with Crippen LogP contribution in [0.5, 0.6) is 0 Å². The molecule has 1 amide bonds. The average molecular weight is 345 g/mol. The topological polar surface area (TPSA) is 85.8 Å². The molecule has 0 radical (unpaired) electrons. The van der Waals surface area contributed by atoms with Crippen molar-refractivity contribution in [2.75, 3.05) is 5.32 Å². The summed E-state index contributed by atoms with van der Waals surface area (Å²) < 4.78 is 6.90. The maximum Gasteiger partial charge on any atom is 0.279 e. The summed E-state index contributed by atoms with van der Waals surface area (Å²) in [6.07, 6.45) is 1.67. The molecule has 0 aliphatic heterocycles. The Morgan fingerprint density at radius 2 is 1.77 bits per heavy atom. The van der Waals surface area contributed by atoms with Crippen LogP contribution in [0.4, 0.5) is 5.82 Å². The molecule has 0 fully saturated rings. The van der Waals surface area contributed by atoms with Gasteiger partial charge in [-0.15, -0.1) is 5.10 Å². The van der Waals surface area contributed by atoms with Gasteiger partial charge in [-0.05, 0) is 5.56 Å². The van der Waals surface area contributed by atoms with Gasteiger partial charge in [-0.2, -0.15) is 0 Å². The molecule has 0 spiro atoms. The van der Waals surface area contributed by atoms with Crippen LogP contribution in [0.1, 0.15) is 16.1 Å². The number of hydrogen-bond donors (Lipinski definition) is 1. The lowest BCUT2D eigenvalue weighted by atomic mass is 10.1. The van der Waals surface area contributed by atoms with Crippen molar-refractivity contribution >= 4 is 11.7 Å². The summed E-state index contributed by atoms with van der Waals surface area (Å²) in [6, 6.07) is 20.9. The summed E-state index contributed by atoms with van der Waals surface area (Å²) in [4.78, 5) is 12.3. The first-order chi connectivity index (χ1) is 12.8. The Morgan fingerprint density at radius 1 is 1.04 bits per heavy atom. The van der Waals surface area contributed by atoms with E-state index in [4.69, 9.17) is 4.52 Å². The van der Waals surface area contributed by atoms with Gasteiger partial charge < -0.3 is 9.84 Å². The first-order valence-corrected chi connectivity index (χ1v) is 8.05. The fourth-order valence-corrected chi connectivity index (χ4v) is 2.50. The van der Waals surface area contributed by atoms with Crippen molar-refractivity contribution < 1.29 is 9.32 Å². The molecule has 0 unspecified atom stereocenters. The molecular weight excluding hydrogens is 330 g/mol. The molecule has 2 aromatic heterocycles. The van der Waals surface area contributed by atoms with Gasteiger partial charge in [-0.25, -0.2) is 4.68 Å². The van der Waals surface area contributed by atoms with E-state index in [1.807, 2.05) is 60.7 Å². The standard InChI is InChI=1S/C19H15N5O2/c25-19(16-11-17(26-22-16)15-9-5-2-6-10-15)20-18-13-24(23-21-18)12-14-7-3-1-4-8-14/h1-11,13H,12H2,(H,20,25). The molecule has 4 rings (SSSR count). The average Bonchev–Trinajstić information content (AvgIpc) is 3.33. The summed E-state index contributed by atoms with van der Waals surface area (Å²) in [5.74, 6) is 0.487. The monoisotopic (exact) mass is 345 g/mol. The van der Waals surface area contributed by atoms with Crippen molar-refractivity contribution in [3.8, 4) is 11.3 Å². The van der Waals surface area contributed by atoms with Crippen molar-refractivity contribution in [2.45, 2.75) is 6.54 Å². The lowest BCUT2D eigenvalue weighted by Gasteiger charge is -1.99. The van der Waals surface area contributed by atoms with Crippen LogP contribution in [0.15, 0.2) is 77.4 Å². The third kappa shape index (κ3) is 3.51. The Morgan fingerprint density at radius 3 is 2.54 bits per heavy atom. The van der Waals surface area contributed by atoms with Crippen LogP contribution < -0.4 is 5.32 Å². The minimum atomic E-state index is -0.400. The van der Waals surface area contributed by atoms with Crippen molar-refractivity contribution in [1.29, 1.82) is 0 Å². The summed E-state index contributed by atoms with van der Waals surface area (Å²) in [7, 11) is 0. The van der Waals surface area contributed by atoms with Gasteiger partial charge in [0.05, 0.1) is 12.7 Å². The molecule has 0 aliphatic carbocycles. The number of amides is 1. The number of nitrogens with one attached hydrogen (secondary N) is 1. The molecule has 2 heterocycles. The zero-order valence-corrected chi connectivity index (χ0v) is 13.7. The van der Waals surface area contributed by atoms with Gasteiger partial charge in [-0.1, -0.05) is 71.0 Å². The molecule has 26 heavy (non-hydrogen) atoms. The molecule has 1 N–H and O–H groups in total. The molecule has 0 aliphatic rings. The van der Waals surface area contributed by atoms with Crippen LogP contribution in [0.2, 0.25) is 0 Å². The van der Waals surface area contributed by atoms with E-state index in [1.54, 1.807) is 16.9 Å². The normalized spacial score (nSPS) is 10.6. The highest BCUT2D eigenvalue weighted by Gasteiger charge is 2.15. The fourth-order valence-electron chi connectivity index (χ4n) is 2.50. The van der Waals surface area contributed by atoms with E-state index < -0.39 is 5.91 Å². The van der Waals surface area contributed by atoms with E-state index in [9.17, 15) is 4.79 Å². The van der Waals surface area contributed by atoms with E-state index in [1.165, 1.54) is 0 Å². The smallest absolute Gasteiger partial charge is 0.279 e. The molecule has 7 heteroatoms. The highest BCUT2D eigenvalue weighted by atomic mass is 16.5. The number of hydrogen-bond acceptors (Lipinski definition) is 5. The van der Waals surface area contributed by atoms with Crippen molar-refractivity contribution in [3.05, 3.63) is 84.2 Å². The zero-order chi connectivity index (χ0) is 17.8. The summed E-state index contributed by atoms with van der Waals surface area (Å²) in [5, 5.41) is 14.5. The SMILES string of the molecule is O=C(Nc1cn(Cc2ccccc2)nn1)c1cc(-c2ccccc2)on1. The lowest BCUT2D eigenvalue weighted by Crippen LogP contribution is -2.12. The Balaban J connectivity index is 1.43.